The van der Waals surface area contributed by atoms with E-state index < -0.39 is 0 Å². The summed E-state index contributed by atoms with van der Waals surface area (Å²) in [6.45, 7) is 15.0. The maximum atomic E-state index is 2.42. The summed E-state index contributed by atoms with van der Waals surface area (Å²) < 4.78 is 1.38. The van der Waals surface area contributed by atoms with Crippen LogP contribution in [-0.2, 0) is 0 Å². The Hall–Kier alpha value is 0.250. The van der Waals surface area contributed by atoms with Gasteiger partial charge in [-0.15, -0.1) is 0 Å². The first-order valence-corrected chi connectivity index (χ1v) is 15.1. The summed E-state index contributed by atoms with van der Waals surface area (Å²) in [6, 6.07) is 0. The highest BCUT2D eigenvalue weighted by atomic mass is 35.5. The third-order valence-corrected chi connectivity index (χ3v) is 7.81. The fourth-order valence-corrected chi connectivity index (χ4v) is 5.19. The summed E-state index contributed by atoms with van der Waals surface area (Å²) in [6.07, 6.45) is 32.1. The highest BCUT2D eigenvalue weighted by molar-refractivity contribution is 4.51. The Bertz CT molecular complexity index is 327. The number of rotatable bonds is 26. The van der Waals surface area contributed by atoms with Crippen LogP contribution >= 0.6 is 0 Å². The van der Waals surface area contributed by atoms with Crippen molar-refractivity contribution >= 4 is 0 Å². The lowest BCUT2D eigenvalue weighted by Crippen LogP contribution is -3.00. The highest BCUT2D eigenvalue weighted by Crippen LogP contribution is 2.16. The molecule has 0 aromatic rings. The lowest BCUT2D eigenvalue weighted by atomic mass is 10.0. The molecule has 0 radical (unpaired) electrons. The van der Waals surface area contributed by atoms with Crippen molar-refractivity contribution in [2.45, 2.75) is 169 Å². The summed E-state index contributed by atoms with van der Waals surface area (Å²) in [5.41, 5.74) is 0. The Kier molecular flexibility index (Phi) is 29.6. The van der Waals surface area contributed by atoms with Crippen molar-refractivity contribution in [2.24, 2.45) is 0 Å². The minimum Gasteiger partial charge on any atom is -1.00 e. The summed E-state index contributed by atoms with van der Waals surface area (Å²) >= 11 is 0. The zero-order valence-corrected chi connectivity index (χ0v) is 24.0. The molecule has 1 nitrogen and oxygen atoms in total. The van der Waals surface area contributed by atoms with Crippen LogP contribution in [0, 0.1) is 0 Å². The zero-order valence-electron chi connectivity index (χ0n) is 23.2. The van der Waals surface area contributed by atoms with Crippen molar-refractivity contribution in [3.8, 4) is 0 Å². The molecule has 0 aromatic carbocycles. The average molecular weight is 474 g/mol. The average Bonchev–Trinajstić information content (AvgIpc) is 2.79. The molecule has 32 heavy (non-hydrogen) atoms. The van der Waals surface area contributed by atoms with E-state index >= 15 is 0 Å². The van der Waals surface area contributed by atoms with Crippen LogP contribution in [0.2, 0.25) is 0 Å². The van der Waals surface area contributed by atoms with Crippen LogP contribution in [0.5, 0.6) is 0 Å². The third-order valence-electron chi connectivity index (χ3n) is 7.81. The van der Waals surface area contributed by atoms with E-state index in [0.29, 0.717) is 0 Å². The van der Waals surface area contributed by atoms with Gasteiger partial charge >= 0.3 is 0 Å². The van der Waals surface area contributed by atoms with E-state index in [2.05, 4.69) is 27.7 Å². The molecule has 0 fully saturated rings. The van der Waals surface area contributed by atoms with Gasteiger partial charge in [0.1, 0.15) is 0 Å². The van der Waals surface area contributed by atoms with Crippen LogP contribution in [0.15, 0.2) is 0 Å². The third kappa shape index (κ3) is 22.1. The van der Waals surface area contributed by atoms with Crippen molar-refractivity contribution < 1.29 is 16.9 Å². The Morgan fingerprint density at radius 2 is 0.531 bits per heavy atom. The van der Waals surface area contributed by atoms with Gasteiger partial charge in [0.05, 0.1) is 26.2 Å². The van der Waals surface area contributed by atoms with Crippen molar-refractivity contribution in [1.82, 2.24) is 0 Å². The van der Waals surface area contributed by atoms with Crippen LogP contribution in [0.1, 0.15) is 169 Å². The maximum Gasteiger partial charge on any atom is 0.0786 e. The Labute approximate surface area is 211 Å². The van der Waals surface area contributed by atoms with E-state index in [9.17, 15) is 0 Å². The first-order valence-electron chi connectivity index (χ1n) is 15.1. The Morgan fingerprint density at radius 3 is 0.750 bits per heavy atom. The molecule has 0 aromatic heterocycles. The van der Waals surface area contributed by atoms with Gasteiger partial charge in [0.2, 0.25) is 0 Å². The number of hydrogen-bond donors (Lipinski definition) is 0. The van der Waals surface area contributed by atoms with Crippen LogP contribution in [-0.4, -0.2) is 30.7 Å². The van der Waals surface area contributed by atoms with Crippen LogP contribution < -0.4 is 12.4 Å². The molecule has 0 rings (SSSR count). The monoisotopic (exact) mass is 473 g/mol. The standard InChI is InChI=1S/C30H64N.ClH/c1-5-9-11-13-15-16-17-18-19-20-21-22-23-24-26-28-30-31(7-3,8-4)29-27-25-14-12-10-6-2;/h5-30H2,1-4H3;1H/q+1;/p-1. The molecule has 0 aliphatic heterocycles. The second-order valence-corrected chi connectivity index (χ2v) is 10.5. The first kappa shape index (κ1) is 34.4. The van der Waals surface area contributed by atoms with Crippen molar-refractivity contribution in [1.29, 1.82) is 0 Å². The molecule has 2 heteroatoms. The topological polar surface area (TPSA) is 0 Å². The number of unbranched alkanes of at least 4 members (excludes halogenated alkanes) is 20. The molecule has 0 heterocycles. The first-order chi connectivity index (χ1) is 15.2. The van der Waals surface area contributed by atoms with Crippen LogP contribution in [0.4, 0.5) is 0 Å². The number of nitrogens with zero attached hydrogens (tertiary/aromatic N) is 1. The number of halogens is 1. The van der Waals surface area contributed by atoms with Crippen molar-refractivity contribution in [3.05, 3.63) is 0 Å². The summed E-state index contributed by atoms with van der Waals surface area (Å²) in [4.78, 5) is 0. The van der Waals surface area contributed by atoms with E-state index in [-0.39, 0.29) is 12.4 Å². The van der Waals surface area contributed by atoms with Gasteiger partial charge in [-0.2, -0.15) is 0 Å². The van der Waals surface area contributed by atoms with Gasteiger partial charge in [0.25, 0.3) is 0 Å². The normalized spacial score (nSPS) is 11.6. The fraction of sp³-hybridized carbons (Fsp3) is 1.00. The summed E-state index contributed by atoms with van der Waals surface area (Å²) in [5.74, 6) is 0. The molecule has 0 N–H and O–H groups in total. The van der Waals surface area contributed by atoms with Crippen molar-refractivity contribution in [3.63, 3.8) is 0 Å². The van der Waals surface area contributed by atoms with E-state index in [0.717, 1.165) is 0 Å². The molecule has 0 bridgehead atoms. The molecule has 0 atom stereocenters. The molecule has 0 aliphatic rings. The quantitative estimate of drug-likeness (QED) is 0.0902. The molecule has 0 spiro atoms. The summed E-state index contributed by atoms with van der Waals surface area (Å²) in [7, 11) is 0. The van der Waals surface area contributed by atoms with Crippen molar-refractivity contribution in [2.75, 3.05) is 26.2 Å². The lowest BCUT2D eigenvalue weighted by Gasteiger charge is -2.37. The Balaban J connectivity index is 0. The van der Waals surface area contributed by atoms with Gasteiger partial charge in [-0.1, -0.05) is 129 Å². The minimum absolute atomic E-state index is 0. The van der Waals surface area contributed by atoms with Gasteiger partial charge in [-0.25, -0.2) is 0 Å². The van der Waals surface area contributed by atoms with Gasteiger partial charge < -0.3 is 16.9 Å². The minimum atomic E-state index is 0. The molecule has 0 aliphatic carbocycles. The zero-order chi connectivity index (χ0) is 22.9. The van der Waals surface area contributed by atoms with Gasteiger partial charge in [-0.05, 0) is 39.5 Å². The van der Waals surface area contributed by atoms with E-state index in [1.165, 1.54) is 172 Å². The van der Waals surface area contributed by atoms with Gasteiger partial charge in [0, 0.05) is 0 Å². The predicted molar refractivity (Wildman–Crippen MR) is 144 cm³/mol. The molecular weight excluding hydrogens is 410 g/mol. The van der Waals surface area contributed by atoms with Gasteiger partial charge in [0.15, 0.2) is 0 Å². The van der Waals surface area contributed by atoms with Gasteiger partial charge in [-0.3, -0.25) is 0 Å². The maximum absolute atomic E-state index is 2.42. The summed E-state index contributed by atoms with van der Waals surface area (Å²) in [5, 5.41) is 0. The second-order valence-electron chi connectivity index (χ2n) is 10.5. The lowest BCUT2D eigenvalue weighted by molar-refractivity contribution is -0.925. The molecule has 0 saturated carbocycles. The number of hydrogen-bond acceptors (Lipinski definition) is 0. The molecule has 0 amide bonds. The predicted octanol–water partition coefficient (Wildman–Crippen LogP) is 7.47. The largest absolute Gasteiger partial charge is 1.00 e. The molecule has 0 saturated heterocycles. The molecule has 196 valence electrons. The fourth-order valence-electron chi connectivity index (χ4n) is 5.19. The van der Waals surface area contributed by atoms with Crippen LogP contribution in [0.25, 0.3) is 0 Å². The molecular formula is C30H64ClN. The Morgan fingerprint density at radius 1 is 0.312 bits per heavy atom. The second kappa shape index (κ2) is 27.5. The van der Waals surface area contributed by atoms with Crippen LogP contribution in [0.3, 0.4) is 0 Å². The smallest absolute Gasteiger partial charge is 0.0786 e. The molecule has 0 unspecified atom stereocenters. The number of quaternary nitrogens is 1. The SMILES string of the molecule is CCCCCCCCCCCCCCCCCC[N+](CC)(CC)CCCCCCCC.[Cl-]. The van der Waals surface area contributed by atoms with E-state index in [4.69, 9.17) is 0 Å². The van der Waals surface area contributed by atoms with E-state index in [1.54, 1.807) is 0 Å². The highest BCUT2D eigenvalue weighted by Gasteiger charge is 2.21. The van der Waals surface area contributed by atoms with E-state index in [1.807, 2.05) is 0 Å².